The summed E-state index contributed by atoms with van der Waals surface area (Å²) in [7, 11) is -3.05. The van der Waals surface area contributed by atoms with E-state index in [1.54, 1.807) is 0 Å². The molecule has 0 aliphatic rings. The first-order chi connectivity index (χ1) is 11.7. The number of benzene rings is 1. The Morgan fingerprint density at radius 1 is 1.00 bits per heavy atom. The first-order valence-corrected chi connectivity index (χ1v) is 11.0. The highest BCUT2D eigenvalue weighted by Gasteiger charge is 2.49. The quantitative estimate of drug-likeness (QED) is 0.438. The number of rotatable bonds is 12. The van der Waals surface area contributed by atoms with Gasteiger partial charge in [-0.15, -0.1) is 0 Å². The fourth-order valence-corrected chi connectivity index (χ4v) is 5.78. The Bertz CT molecular complexity index is 471. The fourth-order valence-electron chi connectivity index (χ4n) is 2.57. The standard InChI is InChI=1S/C19H36N2O3Si/c1-16(2)22-25(23-17(3)4,18-10-8-7-9-11-18)24-19(5,6)12-14-21-15-13-20/h7-11,16-17,21H,12-15,20H2,1-6H3. The molecule has 0 saturated heterocycles. The Kier molecular flexibility index (Phi) is 9.27. The topological polar surface area (TPSA) is 65.7 Å². The van der Waals surface area contributed by atoms with Crippen LogP contribution in [0.15, 0.2) is 30.3 Å². The Hall–Kier alpha value is -0.763. The molecular weight excluding hydrogens is 332 g/mol. The summed E-state index contributed by atoms with van der Waals surface area (Å²) >= 11 is 0. The third-order valence-electron chi connectivity index (χ3n) is 3.54. The van der Waals surface area contributed by atoms with Gasteiger partial charge in [-0.1, -0.05) is 30.3 Å². The molecule has 0 spiro atoms. The van der Waals surface area contributed by atoms with Gasteiger partial charge >= 0.3 is 8.80 Å². The maximum atomic E-state index is 6.64. The van der Waals surface area contributed by atoms with Crippen molar-refractivity contribution >= 4 is 14.0 Å². The van der Waals surface area contributed by atoms with Crippen LogP contribution in [0.3, 0.4) is 0 Å². The van der Waals surface area contributed by atoms with Crippen LogP contribution in [0.2, 0.25) is 0 Å². The predicted octanol–water partition coefficient (Wildman–Crippen LogP) is 2.42. The second kappa shape index (κ2) is 10.4. The molecule has 0 saturated carbocycles. The van der Waals surface area contributed by atoms with E-state index in [1.165, 1.54) is 0 Å². The zero-order valence-electron chi connectivity index (χ0n) is 16.7. The lowest BCUT2D eigenvalue weighted by Crippen LogP contribution is -2.62. The number of hydrogen-bond donors (Lipinski definition) is 2. The van der Waals surface area contributed by atoms with Crippen molar-refractivity contribution in [2.75, 3.05) is 19.6 Å². The molecule has 1 aromatic rings. The fraction of sp³-hybridized carbons (Fsp3) is 0.684. The third kappa shape index (κ3) is 7.98. The second-order valence-corrected chi connectivity index (χ2v) is 9.77. The largest absolute Gasteiger partial charge is 0.538 e. The van der Waals surface area contributed by atoms with Crippen molar-refractivity contribution in [3.05, 3.63) is 30.3 Å². The van der Waals surface area contributed by atoms with Crippen molar-refractivity contribution in [2.45, 2.75) is 65.8 Å². The van der Waals surface area contributed by atoms with Gasteiger partial charge in [-0.3, -0.25) is 0 Å². The van der Waals surface area contributed by atoms with E-state index >= 15 is 0 Å². The SMILES string of the molecule is CC(C)O[Si](OC(C)C)(OC(C)(C)CCNCCN)c1ccccc1. The van der Waals surface area contributed by atoms with Gasteiger partial charge in [0.25, 0.3) is 0 Å². The van der Waals surface area contributed by atoms with Crippen LogP contribution in [0, 0.1) is 0 Å². The van der Waals surface area contributed by atoms with E-state index in [4.69, 9.17) is 19.0 Å². The summed E-state index contributed by atoms with van der Waals surface area (Å²) in [4.78, 5) is 0. The summed E-state index contributed by atoms with van der Waals surface area (Å²) in [6.45, 7) is 14.6. The van der Waals surface area contributed by atoms with Gasteiger partial charge in [0.15, 0.2) is 0 Å². The minimum absolute atomic E-state index is 0.0109. The summed E-state index contributed by atoms with van der Waals surface area (Å²) in [5.41, 5.74) is 5.16. The molecule has 0 radical (unpaired) electrons. The monoisotopic (exact) mass is 368 g/mol. The van der Waals surface area contributed by atoms with Crippen LogP contribution in [0.4, 0.5) is 0 Å². The van der Waals surface area contributed by atoms with Crippen LogP contribution in [0.1, 0.15) is 48.0 Å². The van der Waals surface area contributed by atoms with Crippen LogP contribution in [0.25, 0.3) is 0 Å². The molecule has 0 fully saturated rings. The normalized spacial score (nSPS) is 13.0. The van der Waals surface area contributed by atoms with Crippen LogP contribution in [-0.2, 0) is 13.3 Å². The molecule has 0 heterocycles. The van der Waals surface area contributed by atoms with Crippen LogP contribution in [0.5, 0.6) is 0 Å². The Morgan fingerprint density at radius 3 is 2.04 bits per heavy atom. The molecule has 0 amide bonds. The third-order valence-corrected chi connectivity index (χ3v) is 6.97. The number of nitrogens with one attached hydrogen (secondary N) is 1. The van der Waals surface area contributed by atoms with E-state index in [2.05, 4.69) is 19.2 Å². The van der Waals surface area contributed by atoms with Gasteiger partial charge in [-0.05, 0) is 54.5 Å². The average molecular weight is 369 g/mol. The van der Waals surface area contributed by atoms with Gasteiger partial charge in [0.05, 0.1) is 5.60 Å². The number of nitrogens with two attached hydrogens (primary N) is 1. The van der Waals surface area contributed by atoms with Gasteiger partial charge in [-0.2, -0.15) is 0 Å². The minimum Gasteiger partial charge on any atom is -0.367 e. The van der Waals surface area contributed by atoms with E-state index in [-0.39, 0.29) is 17.8 Å². The van der Waals surface area contributed by atoms with E-state index in [0.717, 1.165) is 24.7 Å². The maximum Gasteiger partial charge on any atom is 0.538 e. The zero-order valence-corrected chi connectivity index (χ0v) is 17.7. The predicted molar refractivity (Wildman–Crippen MR) is 106 cm³/mol. The van der Waals surface area contributed by atoms with Gasteiger partial charge in [-0.25, -0.2) is 0 Å². The molecule has 144 valence electrons. The molecule has 6 heteroatoms. The first kappa shape index (κ1) is 22.3. The lowest BCUT2D eigenvalue weighted by atomic mass is 10.1. The highest BCUT2D eigenvalue weighted by Crippen LogP contribution is 2.25. The summed E-state index contributed by atoms with van der Waals surface area (Å²) < 4.78 is 19.3. The second-order valence-electron chi connectivity index (χ2n) is 7.41. The molecule has 0 bridgehead atoms. The highest BCUT2D eigenvalue weighted by atomic mass is 28.4. The van der Waals surface area contributed by atoms with Crippen molar-refractivity contribution in [3.63, 3.8) is 0 Å². The Morgan fingerprint density at radius 2 is 1.56 bits per heavy atom. The van der Waals surface area contributed by atoms with E-state index in [0.29, 0.717) is 6.54 Å². The van der Waals surface area contributed by atoms with Crippen LogP contribution in [-0.4, -0.2) is 46.2 Å². The minimum atomic E-state index is -3.05. The first-order valence-electron chi connectivity index (χ1n) is 9.23. The molecule has 0 aliphatic heterocycles. The Balaban J connectivity index is 3.07. The molecule has 1 rings (SSSR count). The van der Waals surface area contributed by atoms with Crippen LogP contribution < -0.4 is 16.2 Å². The molecule has 0 atom stereocenters. The molecule has 25 heavy (non-hydrogen) atoms. The lowest BCUT2D eigenvalue weighted by molar-refractivity contribution is -0.0297. The van der Waals surface area contributed by atoms with E-state index in [1.807, 2.05) is 58.0 Å². The summed E-state index contributed by atoms with van der Waals surface area (Å²) in [5, 5.41) is 4.33. The molecule has 0 unspecified atom stereocenters. The number of hydrogen-bond acceptors (Lipinski definition) is 5. The van der Waals surface area contributed by atoms with Gasteiger partial charge in [0.2, 0.25) is 0 Å². The smallest absolute Gasteiger partial charge is 0.367 e. The van der Waals surface area contributed by atoms with Crippen molar-refractivity contribution in [1.29, 1.82) is 0 Å². The molecule has 5 nitrogen and oxygen atoms in total. The molecule has 0 aliphatic carbocycles. The van der Waals surface area contributed by atoms with E-state index < -0.39 is 8.80 Å². The summed E-state index contributed by atoms with van der Waals surface area (Å²) in [6, 6.07) is 10.1. The van der Waals surface area contributed by atoms with Crippen molar-refractivity contribution in [2.24, 2.45) is 5.73 Å². The van der Waals surface area contributed by atoms with Crippen molar-refractivity contribution in [3.8, 4) is 0 Å². The van der Waals surface area contributed by atoms with Crippen molar-refractivity contribution < 1.29 is 13.3 Å². The molecule has 0 aromatic heterocycles. The van der Waals surface area contributed by atoms with Gasteiger partial charge in [0, 0.05) is 30.5 Å². The summed E-state index contributed by atoms with van der Waals surface area (Å²) in [5.74, 6) is 0. The zero-order chi connectivity index (χ0) is 18.9. The summed E-state index contributed by atoms with van der Waals surface area (Å²) in [6.07, 6.45) is 0.867. The lowest BCUT2D eigenvalue weighted by Gasteiger charge is -2.39. The van der Waals surface area contributed by atoms with Crippen molar-refractivity contribution in [1.82, 2.24) is 5.32 Å². The van der Waals surface area contributed by atoms with Gasteiger partial charge in [0.1, 0.15) is 0 Å². The van der Waals surface area contributed by atoms with E-state index in [9.17, 15) is 0 Å². The molecule has 3 N–H and O–H groups in total. The maximum absolute atomic E-state index is 6.64. The molecular formula is C19H36N2O3Si. The molecule has 1 aromatic carbocycles. The van der Waals surface area contributed by atoms with Crippen LogP contribution >= 0.6 is 0 Å². The Labute approximate surface area is 154 Å². The average Bonchev–Trinajstić information content (AvgIpc) is 2.50. The van der Waals surface area contributed by atoms with Gasteiger partial charge < -0.3 is 24.3 Å². The highest BCUT2D eigenvalue weighted by molar-refractivity contribution is 6.75.